The second-order valence-electron chi connectivity index (χ2n) is 6.62. The van der Waals surface area contributed by atoms with E-state index in [1.807, 2.05) is 11.3 Å². The number of nitrogens with two attached hydrogens (primary N) is 1. The molecule has 1 aromatic carbocycles. The number of rotatable bonds is 3. The molecule has 110 valence electrons. The van der Waals surface area contributed by atoms with Gasteiger partial charge in [-0.15, -0.1) is 11.3 Å². The summed E-state index contributed by atoms with van der Waals surface area (Å²) < 4.78 is 0. The lowest BCUT2D eigenvalue weighted by Gasteiger charge is -2.29. The molecular formula is C19H23NS. The molecule has 1 saturated carbocycles. The van der Waals surface area contributed by atoms with Crippen LogP contribution in [-0.2, 0) is 6.42 Å². The van der Waals surface area contributed by atoms with Crippen LogP contribution in [0.4, 0.5) is 0 Å². The van der Waals surface area contributed by atoms with Crippen molar-refractivity contribution in [1.82, 2.24) is 0 Å². The van der Waals surface area contributed by atoms with Gasteiger partial charge in [0.05, 0.1) is 0 Å². The predicted molar refractivity (Wildman–Crippen MR) is 90.0 cm³/mol. The van der Waals surface area contributed by atoms with Crippen LogP contribution in [0.5, 0.6) is 0 Å². The van der Waals surface area contributed by atoms with Crippen molar-refractivity contribution in [1.29, 1.82) is 0 Å². The third-order valence-corrected chi connectivity index (χ3v) is 6.43. The first-order chi connectivity index (χ1) is 10.3. The summed E-state index contributed by atoms with van der Waals surface area (Å²) in [5.41, 5.74) is 11.0. The highest BCUT2D eigenvalue weighted by Crippen LogP contribution is 2.42. The Morgan fingerprint density at radius 1 is 1.00 bits per heavy atom. The van der Waals surface area contributed by atoms with Crippen molar-refractivity contribution in [3.63, 3.8) is 0 Å². The van der Waals surface area contributed by atoms with E-state index in [1.54, 1.807) is 4.88 Å². The van der Waals surface area contributed by atoms with Crippen LogP contribution in [0.15, 0.2) is 35.7 Å². The second kappa shape index (κ2) is 5.58. The largest absolute Gasteiger partial charge is 0.323 e. The topological polar surface area (TPSA) is 26.0 Å². The van der Waals surface area contributed by atoms with Crippen LogP contribution >= 0.6 is 11.3 Å². The number of fused-ring (bicyclic) bond motifs is 1. The SMILES string of the molecule is NC(c1ccc(C2CCC2)cc1)C1CCCc2sccc21. The van der Waals surface area contributed by atoms with Gasteiger partial charge in [0.15, 0.2) is 0 Å². The van der Waals surface area contributed by atoms with E-state index in [0.29, 0.717) is 5.92 Å². The summed E-state index contributed by atoms with van der Waals surface area (Å²) in [6.45, 7) is 0. The Morgan fingerprint density at radius 3 is 2.52 bits per heavy atom. The summed E-state index contributed by atoms with van der Waals surface area (Å²) in [6, 6.07) is 11.6. The molecule has 1 heterocycles. The fourth-order valence-electron chi connectivity index (χ4n) is 3.86. The van der Waals surface area contributed by atoms with E-state index in [1.165, 1.54) is 55.2 Å². The summed E-state index contributed by atoms with van der Waals surface area (Å²) in [4.78, 5) is 1.56. The highest BCUT2D eigenvalue weighted by molar-refractivity contribution is 7.10. The summed E-state index contributed by atoms with van der Waals surface area (Å²) >= 11 is 1.90. The van der Waals surface area contributed by atoms with Gasteiger partial charge >= 0.3 is 0 Å². The molecule has 1 nitrogen and oxygen atoms in total. The van der Waals surface area contributed by atoms with Crippen molar-refractivity contribution in [2.75, 3.05) is 0 Å². The molecule has 2 atom stereocenters. The zero-order valence-electron chi connectivity index (χ0n) is 12.4. The summed E-state index contributed by atoms with van der Waals surface area (Å²) in [6.07, 6.45) is 7.89. The first-order valence-electron chi connectivity index (χ1n) is 8.24. The van der Waals surface area contributed by atoms with E-state index in [2.05, 4.69) is 35.7 Å². The molecule has 2 unspecified atom stereocenters. The van der Waals surface area contributed by atoms with Gasteiger partial charge in [0.25, 0.3) is 0 Å². The fraction of sp³-hybridized carbons (Fsp3) is 0.474. The van der Waals surface area contributed by atoms with E-state index in [4.69, 9.17) is 5.73 Å². The minimum absolute atomic E-state index is 0.147. The van der Waals surface area contributed by atoms with Crippen LogP contribution in [0.1, 0.15) is 71.5 Å². The summed E-state index contributed by atoms with van der Waals surface area (Å²) in [5.74, 6) is 1.32. The molecule has 2 aromatic rings. The molecule has 21 heavy (non-hydrogen) atoms. The minimum Gasteiger partial charge on any atom is -0.323 e. The Labute approximate surface area is 131 Å². The molecule has 0 saturated heterocycles. The van der Waals surface area contributed by atoms with Crippen LogP contribution < -0.4 is 5.73 Å². The molecule has 4 rings (SSSR count). The highest BCUT2D eigenvalue weighted by Gasteiger charge is 2.27. The van der Waals surface area contributed by atoms with Gasteiger partial charge in [-0.2, -0.15) is 0 Å². The van der Waals surface area contributed by atoms with Crippen molar-refractivity contribution in [2.24, 2.45) is 5.73 Å². The number of thiophene rings is 1. The van der Waals surface area contributed by atoms with Gasteiger partial charge in [0.1, 0.15) is 0 Å². The van der Waals surface area contributed by atoms with E-state index in [0.717, 1.165) is 5.92 Å². The van der Waals surface area contributed by atoms with Gasteiger partial charge < -0.3 is 5.73 Å². The molecule has 1 aromatic heterocycles. The normalized spacial score (nSPS) is 23.4. The Hall–Kier alpha value is -1.12. The molecule has 0 amide bonds. The zero-order valence-corrected chi connectivity index (χ0v) is 13.2. The molecule has 2 N–H and O–H groups in total. The number of hydrogen-bond donors (Lipinski definition) is 1. The number of hydrogen-bond acceptors (Lipinski definition) is 2. The molecular weight excluding hydrogens is 274 g/mol. The Balaban J connectivity index is 1.56. The first-order valence-corrected chi connectivity index (χ1v) is 9.12. The van der Waals surface area contributed by atoms with E-state index in [-0.39, 0.29) is 6.04 Å². The first kappa shape index (κ1) is 13.5. The number of aryl methyl sites for hydroxylation is 1. The van der Waals surface area contributed by atoms with Gasteiger partial charge in [-0.05, 0) is 66.2 Å². The van der Waals surface area contributed by atoms with Gasteiger partial charge in [0.2, 0.25) is 0 Å². The van der Waals surface area contributed by atoms with Crippen LogP contribution in [0.2, 0.25) is 0 Å². The Morgan fingerprint density at radius 2 is 1.81 bits per heavy atom. The smallest absolute Gasteiger partial charge is 0.0364 e. The maximum atomic E-state index is 6.62. The average molecular weight is 297 g/mol. The van der Waals surface area contributed by atoms with E-state index < -0.39 is 0 Å². The van der Waals surface area contributed by atoms with Gasteiger partial charge in [-0.3, -0.25) is 0 Å². The van der Waals surface area contributed by atoms with Crippen molar-refractivity contribution in [3.8, 4) is 0 Å². The summed E-state index contributed by atoms with van der Waals surface area (Å²) in [5, 5.41) is 2.23. The molecule has 0 spiro atoms. The van der Waals surface area contributed by atoms with Crippen molar-refractivity contribution in [3.05, 3.63) is 57.3 Å². The molecule has 1 fully saturated rings. The molecule has 0 bridgehead atoms. The second-order valence-corrected chi connectivity index (χ2v) is 7.62. The van der Waals surface area contributed by atoms with E-state index in [9.17, 15) is 0 Å². The molecule has 2 heteroatoms. The maximum Gasteiger partial charge on any atom is 0.0364 e. The van der Waals surface area contributed by atoms with Crippen molar-refractivity contribution < 1.29 is 0 Å². The Kier molecular flexibility index (Phi) is 3.60. The van der Waals surface area contributed by atoms with Crippen LogP contribution in [0, 0.1) is 0 Å². The predicted octanol–water partition coefficient (Wildman–Crippen LogP) is 5.14. The molecule has 2 aliphatic rings. The van der Waals surface area contributed by atoms with Gasteiger partial charge in [-0.1, -0.05) is 30.7 Å². The van der Waals surface area contributed by atoms with E-state index >= 15 is 0 Å². The van der Waals surface area contributed by atoms with Crippen molar-refractivity contribution >= 4 is 11.3 Å². The molecule has 2 aliphatic carbocycles. The van der Waals surface area contributed by atoms with Crippen molar-refractivity contribution in [2.45, 2.75) is 56.4 Å². The summed E-state index contributed by atoms with van der Waals surface area (Å²) in [7, 11) is 0. The Bertz CT molecular complexity index is 609. The van der Waals surface area contributed by atoms with Crippen LogP contribution in [0.25, 0.3) is 0 Å². The maximum absolute atomic E-state index is 6.62. The molecule has 0 radical (unpaired) electrons. The minimum atomic E-state index is 0.147. The standard InChI is InChI=1S/C19H23NS/c20-19(17-5-2-6-18-16(17)11-12-21-18)15-9-7-14(8-10-15)13-3-1-4-13/h7-13,17,19H,1-6,20H2. The third-order valence-electron chi connectivity index (χ3n) is 5.43. The lowest BCUT2D eigenvalue weighted by atomic mass is 9.78. The highest BCUT2D eigenvalue weighted by atomic mass is 32.1. The lowest BCUT2D eigenvalue weighted by Crippen LogP contribution is -2.22. The number of benzene rings is 1. The third kappa shape index (κ3) is 2.45. The van der Waals surface area contributed by atoms with Gasteiger partial charge in [-0.25, -0.2) is 0 Å². The zero-order chi connectivity index (χ0) is 14.2. The average Bonchev–Trinajstić information content (AvgIpc) is 2.94. The quantitative estimate of drug-likeness (QED) is 0.834. The van der Waals surface area contributed by atoms with Gasteiger partial charge in [0, 0.05) is 16.8 Å². The van der Waals surface area contributed by atoms with Crippen LogP contribution in [-0.4, -0.2) is 0 Å². The molecule has 0 aliphatic heterocycles. The lowest BCUT2D eigenvalue weighted by molar-refractivity contribution is 0.419. The fourth-order valence-corrected chi connectivity index (χ4v) is 4.86. The van der Waals surface area contributed by atoms with Crippen LogP contribution in [0.3, 0.4) is 0 Å². The monoisotopic (exact) mass is 297 g/mol.